The topological polar surface area (TPSA) is 101 Å². The van der Waals surface area contributed by atoms with Gasteiger partial charge in [0.2, 0.25) is 0 Å². The number of rotatable bonds is 3. The molecule has 0 spiro atoms. The van der Waals surface area contributed by atoms with E-state index in [1.165, 1.54) is 6.20 Å². The maximum Gasteiger partial charge on any atom is 0.267 e. The number of H-pyrrole nitrogens is 1. The van der Waals surface area contributed by atoms with Crippen molar-refractivity contribution in [1.29, 1.82) is 0 Å². The van der Waals surface area contributed by atoms with E-state index in [1.807, 2.05) is 32.0 Å². The number of nitrogens with zero attached hydrogens (tertiary/aromatic N) is 1. The van der Waals surface area contributed by atoms with E-state index in [-0.39, 0.29) is 10.7 Å². The first kappa shape index (κ1) is 12.4. The monoisotopic (exact) mass is 266 g/mol. The first-order chi connectivity index (χ1) is 8.42. The van der Waals surface area contributed by atoms with Gasteiger partial charge in [-0.2, -0.15) is 5.10 Å². The van der Waals surface area contributed by atoms with E-state index in [0.29, 0.717) is 5.69 Å². The summed E-state index contributed by atoms with van der Waals surface area (Å²) in [6, 6.07) is 5.54. The van der Waals surface area contributed by atoms with Crippen molar-refractivity contribution in [3.8, 4) is 0 Å². The molecule has 2 rings (SSSR count). The van der Waals surface area contributed by atoms with Crippen LogP contribution in [-0.4, -0.2) is 18.6 Å². The number of nitrogens with two attached hydrogens (primary N) is 1. The van der Waals surface area contributed by atoms with Crippen molar-refractivity contribution < 1.29 is 8.42 Å². The van der Waals surface area contributed by atoms with Crippen LogP contribution in [0.5, 0.6) is 0 Å². The lowest BCUT2D eigenvalue weighted by Gasteiger charge is -2.12. The predicted octanol–water partition coefficient (Wildman–Crippen LogP) is 1.41. The lowest BCUT2D eigenvalue weighted by Crippen LogP contribution is -2.15. The second-order valence-corrected chi connectivity index (χ2v) is 5.67. The number of nitrogens with one attached hydrogen (secondary N) is 2. The lowest BCUT2D eigenvalue weighted by atomic mass is 10.1. The van der Waals surface area contributed by atoms with Crippen LogP contribution in [0.3, 0.4) is 0 Å². The molecule has 1 aromatic carbocycles. The summed E-state index contributed by atoms with van der Waals surface area (Å²) < 4.78 is 26.8. The van der Waals surface area contributed by atoms with E-state index in [1.54, 1.807) is 0 Å². The predicted molar refractivity (Wildman–Crippen MR) is 69.7 cm³/mol. The summed E-state index contributed by atoms with van der Waals surface area (Å²) in [6.07, 6.45) is 1.19. The van der Waals surface area contributed by atoms with Gasteiger partial charge in [0.25, 0.3) is 10.0 Å². The minimum absolute atomic E-state index is 0.0220. The van der Waals surface area contributed by atoms with E-state index in [2.05, 4.69) is 14.9 Å². The number of benzene rings is 1. The first-order valence-corrected chi connectivity index (χ1v) is 6.78. The largest absolute Gasteiger partial charge is 0.383 e. The molecule has 18 heavy (non-hydrogen) atoms. The van der Waals surface area contributed by atoms with Crippen LogP contribution in [0.4, 0.5) is 11.5 Å². The van der Waals surface area contributed by atoms with Crippen LogP contribution in [0.2, 0.25) is 0 Å². The van der Waals surface area contributed by atoms with Crippen molar-refractivity contribution in [2.45, 2.75) is 18.7 Å². The molecule has 0 saturated heterocycles. The molecule has 0 bridgehead atoms. The molecule has 1 aromatic heterocycles. The maximum absolute atomic E-state index is 12.1. The molecule has 1 heterocycles. The molecule has 0 fully saturated rings. The van der Waals surface area contributed by atoms with Gasteiger partial charge in [-0.3, -0.25) is 9.82 Å². The molecule has 4 N–H and O–H groups in total. The maximum atomic E-state index is 12.1. The number of sulfonamides is 1. The normalized spacial score (nSPS) is 11.4. The van der Waals surface area contributed by atoms with Crippen molar-refractivity contribution in [3.63, 3.8) is 0 Å². The molecule has 7 heteroatoms. The Morgan fingerprint density at radius 2 is 1.89 bits per heavy atom. The van der Waals surface area contributed by atoms with Gasteiger partial charge in [-0.05, 0) is 25.0 Å². The number of hydrogen-bond acceptors (Lipinski definition) is 4. The number of para-hydroxylation sites is 1. The fourth-order valence-electron chi connectivity index (χ4n) is 1.66. The minimum Gasteiger partial charge on any atom is -0.383 e. The standard InChI is InChI=1S/C11H14N4O2S/c1-7-4-3-5-8(2)10(7)15-18(16,17)9-6-13-14-11(9)12/h3-6,15H,1-2H3,(H3,12,13,14). The van der Waals surface area contributed by atoms with Gasteiger partial charge >= 0.3 is 0 Å². The molecule has 0 amide bonds. The highest BCUT2D eigenvalue weighted by Gasteiger charge is 2.20. The highest BCUT2D eigenvalue weighted by molar-refractivity contribution is 7.92. The Hall–Kier alpha value is -2.02. The Balaban J connectivity index is 2.44. The van der Waals surface area contributed by atoms with Gasteiger partial charge in [0.05, 0.1) is 11.9 Å². The molecule has 0 aliphatic rings. The third-order valence-corrected chi connectivity index (χ3v) is 4.02. The molecule has 2 aromatic rings. The number of anilines is 2. The van der Waals surface area contributed by atoms with Crippen LogP contribution in [0.25, 0.3) is 0 Å². The van der Waals surface area contributed by atoms with Crippen LogP contribution in [0, 0.1) is 13.8 Å². The highest BCUT2D eigenvalue weighted by Crippen LogP contribution is 2.24. The summed E-state index contributed by atoms with van der Waals surface area (Å²) >= 11 is 0. The Kier molecular flexibility index (Phi) is 3.00. The molecule has 96 valence electrons. The van der Waals surface area contributed by atoms with E-state index in [0.717, 1.165) is 11.1 Å². The average Bonchev–Trinajstić information content (AvgIpc) is 2.71. The Morgan fingerprint density at radius 3 is 2.39 bits per heavy atom. The Morgan fingerprint density at radius 1 is 1.28 bits per heavy atom. The zero-order chi connectivity index (χ0) is 13.3. The number of aromatic nitrogens is 2. The lowest BCUT2D eigenvalue weighted by molar-refractivity contribution is 0.601. The second-order valence-electron chi connectivity index (χ2n) is 4.02. The second kappa shape index (κ2) is 4.34. The van der Waals surface area contributed by atoms with Crippen LogP contribution in [-0.2, 0) is 10.0 Å². The fourth-order valence-corrected chi connectivity index (χ4v) is 2.89. The molecular weight excluding hydrogens is 252 g/mol. The zero-order valence-electron chi connectivity index (χ0n) is 10.1. The van der Waals surface area contributed by atoms with Gasteiger partial charge in [-0.15, -0.1) is 0 Å². The molecule has 6 nitrogen and oxygen atoms in total. The Bertz CT molecular complexity index is 656. The summed E-state index contributed by atoms with van der Waals surface area (Å²) in [7, 11) is -3.71. The van der Waals surface area contributed by atoms with Crippen molar-refractivity contribution in [1.82, 2.24) is 10.2 Å². The third-order valence-electron chi connectivity index (χ3n) is 2.64. The molecule has 0 unspecified atom stereocenters. The smallest absolute Gasteiger partial charge is 0.267 e. The van der Waals surface area contributed by atoms with Crippen molar-refractivity contribution in [2.75, 3.05) is 10.5 Å². The van der Waals surface area contributed by atoms with Crippen molar-refractivity contribution in [2.24, 2.45) is 0 Å². The van der Waals surface area contributed by atoms with Crippen molar-refractivity contribution in [3.05, 3.63) is 35.5 Å². The van der Waals surface area contributed by atoms with Crippen LogP contribution in [0.1, 0.15) is 11.1 Å². The van der Waals surface area contributed by atoms with E-state index in [4.69, 9.17) is 5.73 Å². The molecular formula is C11H14N4O2S. The quantitative estimate of drug-likeness (QED) is 0.781. The van der Waals surface area contributed by atoms with E-state index < -0.39 is 10.0 Å². The SMILES string of the molecule is Cc1cccc(C)c1NS(=O)(=O)c1cn[nH]c1N. The fraction of sp³-hybridized carbons (Fsp3) is 0.182. The van der Waals surface area contributed by atoms with Crippen LogP contribution in [0.15, 0.2) is 29.3 Å². The molecule has 0 saturated carbocycles. The van der Waals surface area contributed by atoms with Crippen LogP contribution < -0.4 is 10.5 Å². The summed E-state index contributed by atoms with van der Waals surface area (Å²) in [5, 5.41) is 6.00. The van der Waals surface area contributed by atoms with E-state index in [9.17, 15) is 8.42 Å². The Labute approximate surface area is 105 Å². The summed E-state index contributed by atoms with van der Waals surface area (Å²) in [5.74, 6) is 0.0220. The van der Waals surface area contributed by atoms with Gasteiger partial charge in [0.1, 0.15) is 10.7 Å². The third kappa shape index (κ3) is 2.17. The number of hydrogen-bond donors (Lipinski definition) is 3. The molecule has 0 atom stereocenters. The molecule has 0 radical (unpaired) electrons. The summed E-state index contributed by atoms with van der Waals surface area (Å²) in [5.41, 5.74) is 7.78. The molecule has 0 aliphatic carbocycles. The van der Waals surface area contributed by atoms with Gasteiger partial charge in [0.15, 0.2) is 0 Å². The van der Waals surface area contributed by atoms with Crippen molar-refractivity contribution >= 4 is 21.5 Å². The van der Waals surface area contributed by atoms with Gasteiger partial charge in [-0.1, -0.05) is 18.2 Å². The highest BCUT2D eigenvalue weighted by atomic mass is 32.2. The minimum atomic E-state index is -3.71. The number of aromatic amines is 1. The van der Waals surface area contributed by atoms with Gasteiger partial charge in [0, 0.05) is 0 Å². The van der Waals surface area contributed by atoms with Crippen LogP contribution >= 0.6 is 0 Å². The van der Waals surface area contributed by atoms with Gasteiger partial charge in [-0.25, -0.2) is 8.42 Å². The number of nitrogen functional groups attached to an aromatic ring is 1. The zero-order valence-corrected chi connectivity index (χ0v) is 10.9. The first-order valence-electron chi connectivity index (χ1n) is 5.29. The number of aryl methyl sites for hydroxylation is 2. The summed E-state index contributed by atoms with van der Waals surface area (Å²) in [4.78, 5) is -0.0508. The van der Waals surface area contributed by atoms with E-state index >= 15 is 0 Å². The summed E-state index contributed by atoms with van der Waals surface area (Å²) in [6.45, 7) is 3.67. The van der Waals surface area contributed by atoms with Gasteiger partial charge < -0.3 is 5.73 Å². The molecule has 0 aliphatic heterocycles. The average molecular weight is 266 g/mol.